The summed E-state index contributed by atoms with van der Waals surface area (Å²) in [5.74, 6) is 0. The first-order valence-electron chi connectivity index (χ1n) is 9.57. The minimum Gasteiger partial charge on any atom is -0.248 e. The molecule has 0 unspecified atom stereocenters. The van der Waals surface area contributed by atoms with Crippen LogP contribution in [0.3, 0.4) is 0 Å². The van der Waals surface area contributed by atoms with Crippen LogP contribution >= 0.6 is 0 Å². The standard InChI is InChI=1S/C27H17N/c1-3-7-22-18(5-1)9-14-25-23-13-11-21(17-20(23)10-15-24(22)25)27-16-12-19-6-2-4-8-26(19)28-27/h1-17H. The highest BCUT2D eigenvalue weighted by Crippen LogP contribution is 2.33. The second kappa shape index (κ2) is 5.90. The van der Waals surface area contributed by atoms with E-state index in [1.807, 2.05) is 6.07 Å². The molecule has 0 bridgehead atoms. The van der Waals surface area contributed by atoms with Crippen molar-refractivity contribution in [3.63, 3.8) is 0 Å². The Labute approximate surface area is 162 Å². The van der Waals surface area contributed by atoms with Gasteiger partial charge in [-0.3, -0.25) is 0 Å². The monoisotopic (exact) mass is 355 g/mol. The zero-order chi connectivity index (χ0) is 18.5. The van der Waals surface area contributed by atoms with E-state index in [0.29, 0.717) is 0 Å². The Hall–Kier alpha value is -3.71. The van der Waals surface area contributed by atoms with E-state index < -0.39 is 0 Å². The van der Waals surface area contributed by atoms with Gasteiger partial charge in [0.2, 0.25) is 0 Å². The summed E-state index contributed by atoms with van der Waals surface area (Å²) in [6.07, 6.45) is 0. The van der Waals surface area contributed by atoms with Crippen LogP contribution in [0.4, 0.5) is 0 Å². The topological polar surface area (TPSA) is 12.9 Å². The summed E-state index contributed by atoms with van der Waals surface area (Å²) in [5.41, 5.74) is 3.20. The first-order chi connectivity index (χ1) is 13.9. The van der Waals surface area contributed by atoms with Gasteiger partial charge in [-0.05, 0) is 50.5 Å². The molecule has 0 radical (unpaired) electrons. The highest BCUT2D eigenvalue weighted by molar-refractivity contribution is 6.17. The van der Waals surface area contributed by atoms with Crippen molar-refractivity contribution < 1.29 is 0 Å². The van der Waals surface area contributed by atoms with Crippen molar-refractivity contribution >= 4 is 43.2 Å². The lowest BCUT2D eigenvalue weighted by Gasteiger charge is -2.09. The summed E-state index contributed by atoms with van der Waals surface area (Å²) < 4.78 is 0. The maximum absolute atomic E-state index is 4.86. The SMILES string of the molecule is c1ccc2nc(-c3ccc4c(ccc5c6ccccc6ccc45)c3)ccc2c1. The summed E-state index contributed by atoms with van der Waals surface area (Å²) in [7, 11) is 0. The first-order valence-corrected chi connectivity index (χ1v) is 9.57. The lowest BCUT2D eigenvalue weighted by atomic mass is 9.95. The second-order valence-electron chi connectivity index (χ2n) is 7.27. The largest absolute Gasteiger partial charge is 0.248 e. The lowest BCUT2D eigenvalue weighted by Crippen LogP contribution is -1.86. The number of hydrogen-bond acceptors (Lipinski definition) is 1. The van der Waals surface area contributed by atoms with Gasteiger partial charge in [-0.1, -0.05) is 84.9 Å². The Balaban J connectivity index is 1.57. The Morgan fingerprint density at radius 3 is 1.96 bits per heavy atom. The van der Waals surface area contributed by atoms with Crippen molar-refractivity contribution in [2.45, 2.75) is 0 Å². The molecule has 1 aromatic heterocycles. The molecule has 1 heteroatoms. The maximum Gasteiger partial charge on any atom is 0.0709 e. The minimum absolute atomic E-state index is 1.01. The van der Waals surface area contributed by atoms with Crippen molar-refractivity contribution in [3.05, 3.63) is 103 Å². The number of rotatable bonds is 1. The summed E-state index contributed by atoms with van der Waals surface area (Å²) in [6, 6.07) is 36.7. The average Bonchev–Trinajstić information content (AvgIpc) is 2.78. The fraction of sp³-hybridized carbons (Fsp3) is 0. The van der Waals surface area contributed by atoms with E-state index in [4.69, 9.17) is 4.98 Å². The van der Waals surface area contributed by atoms with Gasteiger partial charge >= 0.3 is 0 Å². The number of hydrogen-bond donors (Lipinski definition) is 0. The van der Waals surface area contributed by atoms with E-state index in [1.165, 1.54) is 37.7 Å². The summed E-state index contributed by atoms with van der Waals surface area (Å²) in [6.45, 7) is 0. The van der Waals surface area contributed by atoms with Crippen LogP contribution in [0, 0.1) is 0 Å². The van der Waals surface area contributed by atoms with Crippen LogP contribution in [-0.2, 0) is 0 Å². The number of nitrogens with zero attached hydrogens (tertiary/aromatic N) is 1. The molecular weight excluding hydrogens is 338 g/mol. The molecular formula is C27H17N. The highest BCUT2D eigenvalue weighted by Gasteiger charge is 2.07. The van der Waals surface area contributed by atoms with Crippen LogP contribution in [0.2, 0.25) is 0 Å². The van der Waals surface area contributed by atoms with Gasteiger partial charge in [0.25, 0.3) is 0 Å². The second-order valence-corrected chi connectivity index (χ2v) is 7.27. The van der Waals surface area contributed by atoms with Gasteiger partial charge in [0.15, 0.2) is 0 Å². The van der Waals surface area contributed by atoms with Crippen molar-refractivity contribution in [1.29, 1.82) is 0 Å². The van der Waals surface area contributed by atoms with Crippen LogP contribution in [0.15, 0.2) is 103 Å². The molecule has 6 aromatic rings. The fourth-order valence-corrected chi connectivity index (χ4v) is 4.22. The minimum atomic E-state index is 1.01. The predicted molar refractivity (Wildman–Crippen MR) is 120 cm³/mol. The number of aromatic nitrogens is 1. The molecule has 0 N–H and O–H groups in total. The average molecular weight is 355 g/mol. The van der Waals surface area contributed by atoms with Crippen LogP contribution in [0.25, 0.3) is 54.5 Å². The highest BCUT2D eigenvalue weighted by atomic mass is 14.7. The molecule has 0 spiro atoms. The van der Waals surface area contributed by atoms with Crippen molar-refractivity contribution in [2.24, 2.45) is 0 Å². The predicted octanol–water partition coefficient (Wildman–Crippen LogP) is 7.36. The zero-order valence-corrected chi connectivity index (χ0v) is 15.3. The molecule has 1 nitrogen and oxygen atoms in total. The quantitative estimate of drug-likeness (QED) is 0.281. The van der Waals surface area contributed by atoms with Gasteiger partial charge in [-0.25, -0.2) is 4.98 Å². The van der Waals surface area contributed by atoms with Gasteiger partial charge < -0.3 is 0 Å². The molecule has 0 atom stereocenters. The van der Waals surface area contributed by atoms with Crippen LogP contribution in [0.1, 0.15) is 0 Å². The summed E-state index contributed by atoms with van der Waals surface area (Å²) >= 11 is 0. The lowest BCUT2D eigenvalue weighted by molar-refractivity contribution is 1.40. The number of benzene rings is 5. The third-order valence-electron chi connectivity index (χ3n) is 5.64. The molecule has 0 amide bonds. The molecule has 0 saturated heterocycles. The Bertz CT molecular complexity index is 1510. The molecule has 1 heterocycles. The molecule has 28 heavy (non-hydrogen) atoms. The number of para-hydroxylation sites is 1. The Morgan fingerprint density at radius 2 is 1.07 bits per heavy atom. The molecule has 5 aromatic carbocycles. The van der Waals surface area contributed by atoms with Crippen LogP contribution in [0.5, 0.6) is 0 Å². The Morgan fingerprint density at radius 1 is 0.429 bits per heavy atom. The van der Waals surface area contributed by atoms with E-state index >= 15 is 0 Å². The zero-order valence-electron chi connectivity index (χ0n) is 15.3. The fourth-order valence-electron chi connectivity index (χ4n) is 4.22. The van der Waals surface area contributed by atoms with Gasteiger partial charge in [0.05, 0.1) is 11.2 Å². The van der Waals surface area contributed by atoms with E-state index in [-0.39, 0.29) is 0 Å². The molecule has 0 aliphatic heterocycles. The van der Waals surface area contributed by atoms with E-state index in [9.17, 15) is 0 Å². The molecule has 0 saturated carbocycles. The van der Waals surface area contributed by atoms with Crippen molar-refractivity contribution in [1.82, 2.24) is 4.98 Å². The third-order valence-corrected chi connectivity index (χ3v) is 5.64. The first kappa shape index (κ1) is 15.4. The Kier molecular flexibility index (Phi) is 3.24. The van der Waals surface area contributed by atoms with Crippen molar-refractivity contribution in [3.8, 4) is 11.3 Å². The molecule has 6 rings (SSSR count). The van der Waals surface area contributed by atoms with E-state index in [0.717, 1.165) is 16.8 Å². The third kappa shape index (κ3) is 2.30. The van der Waals surface area contributed by atoms with Gasteiger partial charge in [-0.2, -0.15) is 0 Å². The van der Waals surface area contributed by atoms with Crippen LogP contribution in [-0.4, -0.2) is 4.98 Å². The van der Waals surface area contributed by atoms with E-state index in [1.54, 1.807) is 0 Å². The number of pyridine rings is 1. The van der Waals surface area contributed by atoms with Gasteiger partial charge in [0.1, 0.15) is 0 Å². The molecule has 0 aliphatic rings. The molecule has 0 aliphatic carbocycles. The van der Waals surface area contributed by atoms with Gasteiger partial charge in [0, 0.05) is 10.9 Å². The van der Waals surface area contributed by atoms with E-state index in [2.05, 4.69) is 97.1 Å². The normalized spacial score (nSPS) is 11.6. The summed E-state index contributed by atoms with van der Waals surface area (Å²) in [5, 5.41) is 8.90. The smallest absolute Gasteiger partial charge is 0.0709 e. The molecule has 130 valence electrons. The van der Waals surface area contributed by atoms with Gasteiger partial charge in [-0.15, -0.1) is 0 Å². The summed E-state index contributed by atoms with van der Waals surface area (Å²) in [4.78, 5) is 4.86. The van der Waals surface area contributed by atoms with Crippen molar-refractivity contribution in [2.75, 3.05) is 0 Å². The molecule has 0 fully saturated rings. The van der Waals surface area contributed by atoms with Crippen LogP contribution < -0.4 is 0 Å². The maximum atomic E-state index is 4.86. The number of fused-ring (bicyclic) bond motifs is 6.